The zero-order valence-corrected chi connectivity index (χ0v) is 16.7. The van der Waals surface area contributed by atoms with Crippen molar-refractivity contribution >= 4 is 27.4 Å². The first-order chi connectivity index (χ1) is 12.2. The largest absolute Gasteiger partial charge is 0.367 e. The van der Waals surface area contributed by atoms with Gasteiger partial charge < -0.3 is 10.2 Å². The zero-order valence-electron chi connectivity index (χ0n) is 15.9. The Balaban J connectivity index is 1.64. The monoisotopic (exact) mass is 360 g/mol. The van der Waals surface area contributed by atoms with E-state index in [0.717, 1.165) is 23.1 Å². The lowest BCUT2D eigenvalue weighted by molar-refractivity contribution is 0.167. The summed E-state index contributed by atoms with van der Waals surface area (Å²) in [6, 6.07) is 3.61. The highest BCUT2D eigenvalue weighted by atomic mass is 32.1. The molecule has 0 bridgehead atoms. The Bertz CT molecular complexity index is 657. The van der Waals surface area contributed by atoms with Crippen molar-refractivity contribution in [2.45, 2.75) is 77.8 Å². The molecule has 0 unspecified atom stereocenters. The van der Waals surface area contributed by atoms with Crippen LogP contribution in [-0.4, -0.2) is 40.0 Å². The highest BCUT2D eigenvalue weighted by Crippen LogP contribution is 2.31. The van der Waals surface area contributed by atoms with Crippen LogP contribution in [-0.2, 0) is 6.42 Å². The molecule has 1 aliphatic carbocycles. The van der Waals surface area contributed by atoms with Crippen LogP contribution < -0.4 is 5.32 Å². The predicted molar refractivity (Wildman–Crippen MR) is 109 cm³/mol. The van der Waals surface area contributed by atoms with E-state index in [1.165, 1.54) is 61.9 Å². The third-order valence-electron chi connectivity index (χ3n) is 5.52. The molecule has 138 valence electrons. The van der Waals surface area contributed by atoms with E-state index < -0.39 is 0 Å². The van der Waals surface area contributed by atoms with E-state index in [4.69, 9.17) is 0 Å². The summed E-state index contributed by atoms with van der Waals surface area (Å²) in [5, 5.41) is 4.94. The van der Waals surface area contributed by atoms with Gasteiger partial charge in [-0.15, -0.1) is 11.3 Å². The van der Waals surface area contributed by atoms with E-state index in [1.807, 2.05) is 11.3 Å². The fraction of sp³-hybridized carbons (Fsp3) is 0.700. The van der Waals surface area contributed by atoms with E-state index >= 15 is 0 Å². The van der Waals surface area contributed by atoms with E-state index in [0.29, 0.717) is 6.04 Å². The molecule has 0 spiro atoms. The van der Waals surface area contributed by atoms with Crippen LogP contribution in [0.1, 0.15) is 64.2 Å². The number of nitrogens with one attached hydrogen (secondary N) is 1. The fourth-order valence-electron chi connectivity index (χ4n) is 4.01. The van der Waals surface area contributed by atoms with E-state index in [9.17, 15) is 0 Å². The molecule has 1 aliphatic rings. The average molecular weight is 361 g/mol. The van der Waals surface area contributed by atoms with Crippen LogP contribution in [0.3, 0.4) is 0 Å². The molecule has 0 atom stereocenters. The van der Waals surface area contributed by atoms with Gasteiger partial charge in [0, 0.05) is 17.0 Å². The first-order valence-corrected chi connectivity index (χ1v) is 10.8. The van der Waals surface area contributed by atoms with Crippen molar-refractivity contribution in [1.82, 2.24) is 14.9 Å². The van der Waals surface area contributed by atoms with Gasteiger partial charge in [-0.3, -0.25) is 0 Å². The molecule has 1 fully saturated rings. The second-order valence-corrected chi connectivity index (χ2v) is 8.24. The van der Waals surface area contributed by atoms with Gasteiger partial charge >= 0.3 is 0 Å². The highest BCUT2D eigenvalue weighted by Gasteiger charge is 2.25. The first kappa shape index (κ1) is 18.6. The summed E-state index contributed by atoms with van der Waals surface area (Å²) in [6.07, 6.45) is 10.4. The molecule has 0 saturated heterocycles. The van der Waals surface area contributed by atoms with Crippen molar-refractivity contribution in [2.24, 2.45) is 0 Å². The zero-order chi connectivity index (χ0) is 17.6. The van der Waals surface area contributed by atoms with Gasteiger partial charge in [0.25, 0.3) is 0 Å². The molecule has 0 aliphatic heterocycles. The minimum Gasteiger partial charge on any atom is -0.367 e. The Morgan fingerprint density at radius 1 is 1.12 bits per heavy atom. The Morgan fingerprint density at radius 3 is 2.56 bits per heavy atom. The lowest BCUT2D eigenvalue weighted by atomic mass is 9.90. The molecular formula is C20H32N4S. The van der Waals surface area contributed by atoms with Gasteiger partial charge in [-0.05, 0) is 57.7 Å². The summed E-state index contributed by atoms with van der Waals surface area (Å²) in [7, 11) is 0. The van der Waals surface area contributed by atoms with Gasteiger partial charge in [-0.1, -0.05) is 27.2 Å². The molecule has 1 N–H and O–H groups in total. The summed E-state index contributed by atoms with van der Waals surface area (Å²) in [5.74, 6) is 1.04. The highest BCUT2D eigenvalue weighted by molar-refractivity contribution is 7.18. The van der Waals surface area contributed by atoms with Gasteiger partial charge in [0.15, 0.2) is 0 Å². The summed E-state index contributed by atoms with van der Waals surface area (Å²) >= 11 is 1.83. The SMILES string of the molecule is CCCCc1cc2c(NC3CCC(N(CC)CC)CC3)ncnc2s1. The Kier molecular flexibility index (Phi) is 6.65. The number of aryl methyl sites for hydroxylation is 1. The number of hydrogen-bond acceptors (Lipinski definition) is 5. The number of fused-ring (bicyclic) bond motifs is 1. The number of aromatic nitrogens is 2. The number of hydrogen-bond donors (Lipinski definition) is 1. The molecule has 4 nitrogen and oxygen atoms in total. The molecule has 25 heavy (non-hydrogen) atoms. The number of rotatable bonds is 8. The molecule has 0 radical (unpaired) electrons. The minimum absolute atomic E-state index is 0.545. The van der Waals surface area contributed by atoms with E-state index in [-0.39, 0.29) is 0 Å². The average Bonchev–Trinajstić information content (AvgIpc) is 3.06. The van der Waals surface area contributed by atoms with Crippen molar-refractivity contribution in [3.8, 4) is 0 Å². The smallest absolute Gasteiger partial charge is 0.138 e. The number of nitrogens with zero attached hydrogens (tertiary/aromatic N) is 3. The molecule has 0 amide bonds. The van der Waals surface area contributed by atoms with Crippen LogP contribution in [0.5, 0.6) is 0 Å². The van der Waals surface area contributed by atoms with Gasteiger partial charge in [-0.25, -0.2) is 9.97 Å². The summed E-state index contributed by atoms with van der Waals surface area (Å²) in [6.45, 7) is 9.13. The Morgan fingerprint density at radius 2 is 1.88 bits per heavy atom. The molecule has 5 heteroatoms. The lowest BCUT2D eigenvalue weighted by Gasteiger charge is -2.36. The van der Waals surface area contributed by atoms with Crippen LogP contribution in [0.4, 0.5) is 5.82 Å². The van der Waals surface area contributed by atoms with Gasteiger partial charge in [0.1, 0.15) is 17.0 Å². The summed E-state index contributed by atoms with van der Waals surface area (Å²) in [4.78, 5) is 14.2. The van der Waals surface area contributed by atoms with Crippen molar-refractivity contribution in [1.29, 1.82) is 0 Å². The molecule has 0 aromatic carbocycles. The molecular weight excluding hydrogens is 328 g/mol. The molecule has 1 saturated carbocycles. The fourth-order valence-corrected chi connectivity index (χ4v) is 5.05. The lowest BCUT2D eigenvalue weighted by Crippen LogP contribution is -2.40. The first-order valence-electron chi connectivity index (χ1n) is 9.99. The van der Waals surface area contributed by atoms with Crippen LogP contribution in [0.25, 0.3) is 10.2 Å². The van der Waals surface area contributed by atoms with E-state index in [1.54, 1.807) is 6.33 Å². The van der Waals surface area contributed by atoms with Crippen molar-refractivity contribution in [3.63, 3.8) is 0 Å². The number of unbranched alkanes of at least 4 members (excludes halogenated alkanes) is 1. The van der Waals surface area contributed by atoms with Gasteiger partial charge in [0.2, 0.25) is 0 Å². The topological polar surface area (TPSA) is 41.0 Å². The van der Waals surface area contributed by atoms with Crippen LogP contribution >= 0.6 is 11.3 Å². The minimum atomic E-state index is 0.545. The second-order valence-electron chi connectivity index (χ2n) is 7.13. The van der Waals surface area contributed by atoms with Gasteiger partial charge in [-0.2, -0.15) is 0 Å². The summed E-state index contributed by atoms with van der Waals surface area (Å²) in [5.41, 5.74) is 0. The van der Waals surface area contributed by atoms with Crippen LogP contribution in [0, 0.1) is 0 Å². The molecule has 3 rings (SSSR count). The normalized spacial score (nSPS) is 21.1. The Labute approximate surface area is 156 Å². The second kappa shape index (κ2) is 8.95. The predicted octanol–water partition coefficient (Wildman–Crippen LogP) is 5.10. The van der Waals surface area contributed by atoms with Crippen LogP contribution in [0.2, 0.25) is 0 Å². The maximum atomic E-state index is 4.56. The maximum absolute atomic E-state index is 4.56. The third kappa shape index (κ3) is 4.50. The number of anilines is 1. The van der Waals surface area contributed by atoms with E-state index in [2.05, 4.69) is 47.0 Å². The third-order valence-corrected chi connectivity index (χ3v) is 6.63. The standard InChI is InChI=1S/C20H32N4S/c1-4-7-8-17-13-18-19(21-14-22-20(18)25-17)23-15-9-11-16(12-10-15)24(5-2)6-3/h13-16H,4-12H2,1-3H3,(H,21,22,23). The van der Waals surface area contributed by atoms with Gasteiger partial charge in [0.05, 0.1) is 5.39 Å². The Hall–Kier alpha value is -1.20. The molecule has 2 aromatic heterocycles. The van der Waals surface area contributed by atoms with Crippen molar-refractivity contribution in [3.05, 3.63) is 17.3 Å². The summed E-state index contributed by atoms with van der Waals surface area (Å²) < 4.78 is 0. The van der Waals surface area contributed by atoms with Crippen molar-refractivity contribution in [2.75, 3.05) is 18.4 Å². The molecule has 2 aromatic rings. The number of thiophene rings is 1. The quantitative estimate of drug-likeness (QED) is 0.711. The van der Waals surface area contributed by atoms with Crippen LogP contribution in [0.15, 0.2) is 12.4 Å². The maximum Gasteiger partial charge on any atom is 0.138 e. The molecule has 2 heterocycles. The van der Waals surface area contributed by atoms with Crippen molar-refractivity contribution < 1.29 is 0 Å².